The summed E-state index contributed by atoms with van der Waals surface area (Å²) < 4.78 is 29.0. The molecule has 0 amide bonds. The molecule has 2 nitrogen and oxygen atoms in total. The highest BCUT2D eigenvalue weighted by Gasteiger charge is 2.26. The van der Waals surface area contributed by atoms with Gasteiger partial charge in [-0.05, 0) is 19.4 Å². The molecule has 15 heavy (non-hydrogen) atoms. The fourth-order valence-corrected chi connectivity index (χ4v) is 1.69. The van der Waals surface area contributed by atoms with E-state index >= 15 is 0 Å². The van der Waals surface area contributed by atoms with Crippen LogP contribution >= 0.6 is 0 Å². The van der Waals surface area contributed by atoms with Gasteiger partial charge in [-0.25, -0.2) is 8.78 Å². The number of nitrogens with zero attached hydrogens (tertiary/aromatic N) is 1. The maximum Gasteiger partial charge on any atom is 0.251 e. The van der Waals surface area contributed by atoms with Crippen LogP contribution in [0.3, 0.4) is 0 Å². The van der Waals surface area contributed by atoms with Gasteiger partial charge >= 0.3 is 0 Å². The molecule has 0 aromatic heterocycles. The highest BCUT2D eigenvalue weighted by Crippen LogP contribution is 2.18. The van der Waals surface area contributed by atoms with Gasteiger partial charge < -0.3 is 4.74 Å². The minimum absolute atomic E-state index is 0.103. The molecule has 0 aromatic rings. The molecule has 0 unspecified atom stereocenters. The summed E-state index contributed by atoms with van der Waals surface area (Å²) in [5, 5.41) is 0. The molecule has 0 saturated carbocycles. The minimum atomic E-state index is -2.22. The van der Waals surface area contributed by atoms with Crippen LogP contribution in [0.5, 0.6) is 0 Å². The van der Waals surface area contributed by atoms with E-state index in [4.69, 9.17) is 4.74 Å². The summed E-state index contributed by atoms with van der Waals surface area (Å²) in [5.41, 5.74) is 0. The number of likely N-dealkylation sites (tertiary alicyclic amines) is 1. The lowest BCUT2D eigenvalue weighted by molar-refractivity contribution is 0.0555. The van der Waals surface area contributed by atoms with Gasteiger partial charge in [-0.15, -0.1) is 0 Å². The second kappa shape index (κ2) is 9.04. The zero-order valence-electron chi connectivity index (χ0n) is 10.0. The maximum atomic E-state index is 12.0. The monoisotopic (exact) mass is 223 g/mol. The van der Waals surface area contributed by atoms with Crippen LogP contribution in [0.1, 0.15) is 33.1 Å². The van der Waals surface area contributed by atoms with E-state index < -0.39 is 6.43 Å². The summed E-state index contributed by atoms with van der Waals surface area (Å²) in [6.45, 7) is 5.51. The Balaban J connectivity index is 0.000000583. The van der Waals surface area contributed by atoms with E-state index in [0.717, 1.165) is 19.4 Å². The van der Waals surface area contributed by atoms with Crippen molar-refractivity contribution in [1.29, 1.82) is 0 Å². The quantitative estimate of drug-likeness (QED) is 0.726. The first kappa shape index (κ1) is 14.8. The molecule has 1 rings (SSSR count). The van der Waals surface area contributed by atoms with Gasteiger partial charge in [0.15, 0.2) is 0 Å². The van der Waals surface area contributed by atoms with E-state index in [-0.39, 0.29) is 12.6 Å². The van der Waals surface area contributed by atoms with Gasteiger partial charge in [-0.3, -0.25) is 4.90 Å². The molecule has 4 heteroatoms. The van der Waals surface area contributed by atoms with Crippen LogP contribution in [-0.4, -0.2) is 44.2 Å². The van der Waals surface area contributed by atoms with E-state index in [2.05, 4.69) is 13.8 Å². The van der Waals surface area contributed by atoms with Crippen molar-refractivity contribution >= 4 is 0 Å². The number of alkyl halides is 2. The lowest BCUT2D eigenvalue weighted by Crippen LogP contribution is -2.36. The highest BCUT2D eigenvalue weighted by atomic mass is 19.3. The molecule has 92 valence electrons. The molecule has 1 atom stereocenters. The van der Waals surface area contributed by atoms with Crippen LogP contribution in [-0.2, 0) is 4.74 Å². The first-order valence-corrected chi connectivity index (χ1v) is 5.66. The zero-order chi connectivity index (χ0) is 11.7. The number of halogens is 2. The van der Waals surface area contributed by atoms with Crippen LogP contribution in [0, 0.1) is 0 Å². The molecule has 0 aliphatic carbocycles. The second-order valence-electron chi connectivity index (χ2n) is 3.84. The van der Waals surface area contributed by atoms with Gasteiger partial charge in [0, 0.05) is 13.2 Å². The Kier molecular flexibility index (Phi) is 8.91. The number of hydrogen-bond acceptors (Lipinski definition) is 2. The summed E-state index contributed by atoms with van der Waals surface area (Å²) in [7, 11) is 1.61. The molecule has 1 heterocycles. The van der Waals surface area contributed by atoms with Gasteiger partial charge in [-0.1, -0.05) is 20.3 Å². The fraction of sp³-hybridized carbons (Fsp3) is 1.00. The molecular formula is C11H23F2NO. The normalized spacial score (nSPS) is 21.6. The van der Waals surface area contributed by atoms with Crippen molar-refractivity contribution in [3.63, 3.8) is 0 Å². The van der Waals surface area contributed by atoms with Crippen molar-refractivity contribution in [3.05, 3.63) is 0 Å². The maximum absolute atomic E-state index is 12.0. The zero-order valence-corrected chi connectivity index (χ0v) is 10.0. The third-order valence-electron chi connectivity index (χ3n) is 2.23. The Morgan fingerprint density at radius 1 is 1.40 bits per heavy atom. The van der Waals surface area contributed by atoms with Crippen LogP contribution in [0.25, 0.3) is 0 Å². The van der Waals surface area contributed by atoms with E-state index in [1.54, 1.807) is 7.11 Å². The van der Waals surface area contributed by atoms with E-state index in [1.165, 1.54) is 6.42 Å². The first-order chi connectivity index (χ1) is 7.15. The van der Waals surface area contributed by atoms with E-state index in [1.807, 2.05) is 4.90 Å². The minimum Gasteiger partial charge on any atom is -0.383 e. The molecule has 1 aliphatic heterocycles. The van der Waals surface area contributed by atoms with Gasteiger partial charge in [0.05, 0.1) is 13.2 Å². The molecule has 0 radical (unpaired) electrons. The summed E-state index contributed by atoms with van der Waals surface area (Å²) in [6, 6.07) is 0.212. The number of hydrogen-bond donors (Lipinski definition) is 0. The largest absolute Gasteiger partial charge is 0.383 e. The van der Waals surface area contributed by atoms with Crippen LogP contribution in [0.2, 0.25) is 0 Å². The van der Waals surface area contributed by atoms with Gasteiger partial charge in [0.2, 0.25) is 0 Å². The summed E-state index contributed by atoms with van der Waals surface area (Å²) >= 11 is 0. The number of methoxy groups -OCH3 is 1. The van der Waals surface area contributed by atoms with Crippen molar-refractivity contribution in [2.45, 2.75) is 45.6 Å². The molecule has 1 aliphatic rings. The molecular weight excluding hydrogens is 200 g/mol. The SMILES string of the molecule is CCC.COC[C@H]1CCCN1CC(F)F. The predicted octanol–water partition coefficient (Wildman–Crippen LogP) is 2.78. The Morgan fingerprint density at radius 3 is 2.47 bits per heavy atom. The van der Waals surface area contributed by atoms with E-state index in [0.29, 0.717) is 6.61 Å². The Hall–Kier alpha value is -0.220. The summed E-state index contributed by atoms with van der Waals surface area (Å²) in [4.78, 5) is 1.81. The Bertz CT molecular complexity index is 145. The van der Waals surface area contributed by atoms with Crippen LogP contribution in [0.15, 0.2) is 0 Å². The van der Waals surface area contributed by atoms with Gasteiger partial charge in [0.1, 0.15) is 0 Å². The Labute approximate surface area is 91.6 Å². The molecule has 1 saturated heterocycles. The van der Waals surface area contributed by atoms with E-state index in [9.17, 15) is 8.78 Å². The van der Waals surface area contributed by atoms with Crippen molar-refractivity contribution in [3.8, 4) is 0 Å². The average Bonchev–Trinajstić information content (AvgIpc) is 2.54. The lowest BCUT2D eigenvalue weighted by Gasteiger charge is -2.22. The predicted molar refractivity (Wildman–Crippen MR) is 58.4 cm³/mol. The third-order valence-corrected chi connectivity index (χ3v) is 2.23. The van der Waals surface area contributed by atoms with Gasteiger partial charge in [0.25, 0.3) is 6.43 Å². The molecule has 0 N–H and O–H groups in total. The summed E-state index contributed by atoms with van der Waals surface area (Å²) in [5.74, 6) is 0. The smallest absolute Gasteiger partial charge is 0.251 e. The summed E-state index contributed by atoms with van der Waals surface area (Å²) in [6.07, 6.45) is 1.03. The molecule has 1 fully saturated rings. The number of rotatable bonds is 4. The third kappa shape index (κ3) is 6.79. The van der Waals surface area contributed by atoms with Gasteiger partial charge in [-0.2, -0.15) is 0 Å². The number of ether oxygens (including phenoxy) is 1. The van der Waals surface area contributed by atoms with Crippen molar-refractivity contribution < 1.29 is 13.5 Å². The topological polar surface area (TPSA) is 12.5 Å². The first-order valence-electron chi connectivity index (χ1n) is 5.66. The highest BCUT2D eigenvalue weighted by molar-refractivity contribution is 4.78. The van der Waals surface area contributed by atoms with Crippen molar-refractivity contribution in [2.75, 3.05) is 26.8 Å². The fourth-order valence-electron chi connectivity index (χ4n) is 1.69. The standard InChI is InChI=1S/C8H15F2NO.C3H8/c1-12-6-7-3-2-4-11(7)5-8(9)10;1-3-2/h7-8H,2-6H2,1H3;3H2,1-2H3/t7-;/m1./s1. The lowest BCUT2D eigenvalue weighted by atomic mass is 10.2. The Morgan fingerprint density at radius 2 is 2.00 bits per heavy atom. The second-order valence-corrected chi connectivity index (χ2v) is 3.84. The van der Waals surface area contributed by atoms with Crippen LogP contribution < -0.4 is 0 Å². The average molecular weight is 223 g/mol. The molecule has 0 bridgehead atoms. The molecule has 0 aromatic carbocycles. The van der Waals surface area contributed by atoms with Crippen LogP contribution in [0.4, 0.5) is 8.78 Å². The molecule has 0 spiro atoms. The van der Waals surface area contributed by atoms with Crippen molar-refractivity contribution in [1.82, 2.24) is 4.90 Å². The van der Waals surface area contributed by atoms with Crippen molar-refractivity contribution in [2.24, 2.45) is 0 Å².